The summed E-state index contributed by atoms with van der Waals surface area (Å²) in [7, 11) is 1.66. The van der Waals surface area contributed by atoms with Gasteiger partial charge in [0, 0.05) is 13.0 Å². The Bertz CT molecular complexity index is 1130. The number of quaternary nitrogens is 1. The van der Waals surface area contributed by atoms with E-state index in [0.717, 1.165) is 70.6 Å². The van der Waals surface area contributed by atoms with E-state index in [1.165, 1.54) is 103 Å². The van der Waals surface area contributed by atoms with Crippen LogP contribution in [0.3, 0.4) is 0 Å². The van der Waals surface area contributed by atoms with Crippen LogP contribution in [0.5, 0.6) is 0 Å². The number of hydrogen-bond donors (Lipinski definition) is 1. The van der Waals surface area contributed by atoms with Crippen molar-refractivity contribution in [3.8, 4) is 0 Å². The molecule has 1 N–H and O–H groups in total. The molecule has 0 amide bonds. The Morgan fingerprint density at radius 1 is 0.542 bits per heavy atom. The Kier molecular flexibility index (Phi) is 41.6. The molecule has 59 heavy (non-hydrogen) atoms. The fraction of sp³-hybridized carbons (Fsp3) is 0.780. The molecule has 2 atom stereocenters. The molecule has 9 heteroatoms. The van der Waals surface area contributed by atoms with Crippen molar-refractivity contribution in [2.75, 3.05) is 54.1 Å². The number of rotatable bonds is 44. The molecule has 2 unspecified atom stereocenters. The Morgan fingerprint density at radius 2 is 0.983 bits per heavy atom. The summed E-state index contributed by atoms with van der Waals surface area (Å²) in [6.45, 7) is 5.49. The van der Waals surface area contributed by atoms with Gasteiger partial charge in [0.2, 0.25) is 0 Å². The van der Waals surface area contributed by atoms with Gasteiger partial charge in [-0.05, 0) is 57.8 Å². The summed E-state index contributed by atoms with van der Waals surface area (Å²) in [5.41, 5.74) is 0. The summed E-state index contributed by atoms with van der Waals surface area (Å²) in [5.74, 6) is -0.318. The molecule has 0 saturated heterocycles. The Morgan fingerprint density at radius 3 is 1.47 bits per heavy atom. The van der Waals surface area contributed by atoms with E-state index in [0.29, 0.717) is 24.1 Å². The highest BCUT2D eigenvalue weighted by molar-refractivity contribution is 7.47. The maximum atomic E-state index is 12.7. The molecule has 344 valence electrons. The number of unbranched alkanes of at least 4 members (excludes halogenated alkanes) is 20. The number of ether oxygens (including phenoxy) is 2. The molecule has 0 spiro atoms. The third-order valence-corrected chi connectivity index (χ3v) is 11.1. The monoisotopic (exact) mass is 851 g/mol. The number of hydrogen-bond acceptors (Lipinski definition) is 6. The fourth-order valence-corrected chi connectivity index (χ4v) is 7.14. The first-order valence-electron chi connectivity index (χ1n) is 24.0. The Balaban J connectivity index is 4.15. The number of likely N-dealkylation sites (N-methyl/N-ethyl adjacent to an activating group) is 1. The number of carbonyl (C=O) groups is 1. The van der Waals surface area contributed by atoms with Crippen LogP contribution < -0.4 is 0 Å². The van der Waals surface area contributed by atoms with E-state index in [4.69, 9.17) is 18.5 Å². The van der Waals surface area contributed by atoms with Crippen LogP contribution >= 0.6 is 7.82 Å². The molecule has 0 aliphatic carbocycles. The zero-order valence-corrected chi connectivity index (χ0v) is 39.9. The minimum Gasteiger partial charge on any atom is -0.457 e. The highest BCUT2D eigenvalue weighted by Crippen LogP contribution is 2.43. The molecular formula is C50H93NO7P+. The summed E-state index contributed by atoms with van der Waals surface area (Å²) in [6.07, 6.45) is 54.0. The zero-order valence-electron chi connectivity index (χ0n) is 39.0. The third-order valence-electron chi connectivity index (χ3n) is 10.1. The lowest BCUT2D eigenvalue weighted by Gasteiger charge is -2.24. The van der Waals surface area contributed by atoms with Crippen LogP contribution in [-0.2, 0) is 27.9 Å². The van der Waals surface area contributed by atoms with Gasteiger partial charge >= 0.3 is 13.8 Å². The maximum absolute atomic E-state index is 12.7. The molecule has 0 saturated carbocycles. The number of nitrogens with zero attached hydrogens (tertiary/aromatic N) is 1. The van der Waals surface area contributed by atoms with Crippen molar-refractivity contribution in [3.63, 3.8) is 0 Å². The fourth-order valence-electron chi connectivity index (χ4n) is 6.40. The molecular weight excluding hydrogens is 758 g/mol. The average molecular weight is 851 g/mol. The van der Waals surface area contributed by atoms with Crippen LogP contribution in [0.25, 0.3) is 0 Å². The molecule has 0 heterocycles. The van der Waals surface area contributed by atoms with Crippen molar-refractivity contribution in [2.24, 2.45) is 0 Å². The smallest absolute Gasteiger partial charge is 0.457 e. The van der Waals surface area contributed by atoms with Gasteiger partial charge in [-0.25, -0.2) is 4.57 Å². The second kappa shape index (κ2) is 42.9. The molecule has 0 fully saturated rings. The van der Waals surface area contributed by atoms with Gasteiger partial charge in [-0.15, -0.1) is 0 Å². The van der Waals surface area contributed by atoms with Crippen LogP contribution in [0, 0.1) is 0 Å². The average Bonchev–Trinajstić information content (AvgIpc) is 3.19. The standard InChI is InChI=1S/C50H92NO7P/c1-6-8-10-12-14-16-18-20-21-22-23-24-25-26-27-28-29-30-32-34-36-38-40-42-45-55-47-49(48-57-59(53,54)56-46-44-51(3,4)5)58-50(52)43-41-39-37-35-33-31-19-17-15-13-11-9-7-2/h8,10,14,16,20-21,23-24,26-27,49H,6-7,9,11-13,15,17-19,22,25,28-48H2,1-5H3/p+1/b10-8-,16-14-,21-20-,24-23-,27-26-. The van der Waals surface area contributed by atoms with Gasteiger partial charge in [-0.2, -0.15) is 0 Å². The van der Waals surface area contributed by atoms with Crippen molar-refractivity contribution in [1.29, 1.82) is 0 Å². The van der Waals surface area contributed by atoms with E-state index in [1.807, 2.05) is 21.1 Å². The van der Waals surface area contributed by atoms with Gasteiger partial charge in [0.1, 0.15) is 19.3 Å². The maximum Gasteiger partial charge on any atom is 0.472 e. The first kappa shape index (κ1) is 57.2. The molecule has 0 bridgehead atoms. The molecule has 0 aliphatic rings. The topological polar surface area (TPSA) is 91.3 Å². The van der Waals surface area contributed by atoms with Gasteiger partial charge in [0.15, 0.2) is 0 Å². The summed E-state index contributed by atoms with van der Waals surface area (Å²) < 4.78 is 35.1. The minimum absolute atomic E-state index is 0.0857. The van der Waals surface area contributed by atoms with Crippen molar-refractivity contribution in [2.45, 2.75) is 200 Å². The minimum atomic E-state index is -4.28. The van der Waals surface area contributed by atoms with Gasteiger partial charge in [-0.3, -0.25) is 13.8 Å². The summed E-state index contributed by atoms with van der Waals surface area (Å²) >= 11 is 0. The van der Waals surface area contributed by atoms with Gasteiger partial charge in [0.25, 0.3) is 0 Å². The van der Waals surface area contributed by atoms with Crippen LogP contribution in [-0.4, -0.2) is 75.6 Å². The van der Waals surface area contributed by atoms with Gasteiger partial charge in [0.05, 0.1) is 34.4 Å². The largest absolute Gasteiger partial charge is 0.472 e. The van der Waals surface area contributed by atoms with E-state index in [9.17, 15) is 14.3 Å². The second-order valence-electron chi connectivity index (χ2n) is 17.1. The van der Waals surface area contributed by atoms with Crippen molar-refractivity contribution in [3.05, 3.63) is 60.8 Å². The number of allylic oxidation sites excluding steroid dienone is 10. The highest BCUT2D eigenvalue weighted by Gasteiger charge is 2.26. The molecule has 0 radical (unpaired) electrons. The number of phosphoric ester groups is 1. The van der Waals surface area contributed by atoms with Crippen LogP contribution in [0.4, 0.5) is 0 Å². The summed E-state index contributed by atoms with van der Waals surface area (Å²) in [4.78, 5) is 22.9. The Hall–Kier alpha value is -1.80. The van der Waals surface area contributed by atoms with E-state index in [1.54, 1.807) is 0 Å². The highest BCUT2D eigenvalue weighted by atomic mass is 31.2. The first-order valence-corrected chi connectivity index (χ1v) is 25.5. The summed E-state index contributed by atoms with van der Waals surface area (Å²) in [5, 5.41) is 0. The number of phosphoric acid groups is 1. The van der Waals surface area contributed by atoms with Crippen molar-refractivity contribution >= 4 is 13.8 Å². The molecule has 0 aromatic heterocycles. The predicted octanol–water partition coefficient (Wildman–Crippen LogP) is 14.5. The zero-order chi connectivity index (χ0) is 43.4. The Labute approximate surface area is 364 Å². The number of esters is 1. The molecule has 0 aliphatic heterocycles. The van der Waals surface area contributed by atoms with E-state index in [2.05, 4.69) is 74.6 Å². The molecule has 8 nitrogen and oxygen atoms in total. The van der Waals surface area contributed by atoms with E-state index in [-0.39, 0.29) is 25.8 Å². The van der Waals surface area contributed by atoms with E-state index >= 15 is 0 Å². The normalized spacial score (nSPS) is 14.2. The third kappa shape index (κ3) is 47.1. The van der Waals surface area contributed by atoms with Crippen LogP contribution in [0.2, 0.25) is 0 Å². The van der Waals surface area contributed by atoms with E-state index < -0.39 is 13.9 Å². The molecule has 0 rings (SSSR count). The molecule has 0 aromatic rings. The quantitative estimate of drug-likeness (QED) is 0.0215. The van der Waals surface area contributed by atoms with Crippen molar-refractivity contribution < 1.29 is 37.3 Å². The lowest BCUT2D eigenvalue weighted by molar-refractivity contribution is -0.870. The SMILES string of the molecule is CC/C=C\C/C=C\C/C=C\C/C=C\C/C=C\CCCCCCCCCCOCC(COP(=O)(O)OCC[N+](C)(C)C)OC(=O)CCCCCCCCCCCCCCC. The van der Waals surface area contributed by atoms with Gasteiger partial charge < -0.3 is 18.9 Å². The van der Waals surface area contributed by atoms with Crippen LogP contribution in [0.15, 0.2) is 60.8 Å². The van der Waals surface area contributed by atoms with Gasteiger partial charge in [-0.1, -0.05) is 190 Å². The number of carbonyl (C=O) groups excluding carboxylic acids is 1. The lowest BCUT2D eigenvalue weighted by Crippen LogP contribution is -2.37. The van der Waals surface area contributed by atoms with Crippen molar-refractivity contribution in [1.82, 2.24) is 0 Å². The lowest BCUT2D eigenvalue weighted by atomic mass is 10.0. The van der Waals surface area contributed by atoms with Crippen LogP contribution in [0.1, 0.15) is 194 Å². The summed E-state index contributed by atoms with van der Waals surface area (Å²) in [6, 6.07) is 0. The molecule has 0 aromatic carbocycles. The predicted molar refractivity (Wildman–Crippen MR) is 252 cm³/mol. The first-order chi connectivity index (χ1) is 28.6. The second-order valence-corrected chi connectivity index (χ2v) is 18.6.